The van der Waals surface area contributed by atoms with Crippen LogP contribution in [-0.2, 0) is 9.47 Å². The minimum atomic E-state index is -0.356. The zero-order valence-electron chi connectivity index (χ0n) is 19.0. The second-order valence-corrected chi connectivity index (χ2v) is 9.00. The molecule has 2 amide bonds. The molecule has 170 valence electrons. The van der Waals surface area contributed by atoms with Gasteiger partial charge in [0.05, 0.1) is 13.2 Å². The number of ether oxygens (including phenoxy) is 2. The lowest BCUT2D eigenvalue weighted by Gasteiger charge is -2.51. The Hall–Kier alpha value is -0.890. The van der Waals surface area contributed by atoms with Gasteiger partial charge in [-0.3, -0.25) is 4.90 Å². The lowest BCUT2D eigenvalue weighted by Crippen LogP contribution is -2.60. The molecule has 0 aromatic carbocycles. The Morgan fingerprint density at radius 3 is 2.59 bits per heavy atom. The topological polar surface area (TPSA) is 57.3 Å². The van der Waals surface area contributed by atoms with Crippen LogP contribution in [0.2, 0.25) is 0 Å². The molecule has 3 aliphatic rings. The standard InChI is InChI=1S/C22H42N4O3.H2/c1-5-10-26-17-19(23-21(27)24(4)11-12-25(6-2)7-3)15-18-16-22(9-8-20(18)26)28-13-14-29-22;/h18-20H,5-17H2,1-4H3,(H,23,27);1H/t18-,19+,20-;/m1./s1. The predicted molar refractivity (Wildman–Crippen MR) is 117 cm³/mol. The van der Waals surface area contributed by atoms with Crippen LogP contribution >= 0.6 is 0 Å². The van der Waals surface area contributed by atoms with E-state index in [0.717, 1.165) is 71.4 Å². The molecule has 0 radical (unpaired) electrons. The highest BCUT2D eigenvalue weighted by molar-refractivity contribution is 5.74. The van der Waals surface area contributed by atoms with Gasteiger partial charge in [0.1, 0.15) is 0 Å². The monoisotopic (exact) mass is 412 g/mol. The first-order valence-corrected chi connectivity index (χ1v) is 11.8. The molecule has 1 N–H and O–H groups in total. The van der Waals surface area contributed by atoms with Gasteiger partial charge < -0.3 is 24.6 Å². The number of rotatable bonds is 8. The summed E-state index contributed by atoms with van der Waals surface area (Å²) in [7, 11) is 1.91. The Kier molecular flexibility index (Phi) is 8.19. The van der Waals surface area contributed by atoms with Crippen molar-refractivity contribution in [3.8, 4) is 0 Å². The molecule has 1 saturated carbocycles. The number of urea groups is 1. The van der Waals surface area contributed by atoms with Gasteiger partial charge in [0.15, 0.2) is 5.79 Å². The van der Waals surface area contributed by atoms with Gasteiger partial charge in [0.2, 0.25) is 0 Å². The van der Waals surface area contributed by atoms with Gasteiger partial charge in [-0.1, -0.05) is 20.8 Å². The molecule has 7 heteroatoms. The third-order valence-corrected chi connectivity index (χ3v) is 7.09. The first-order valence-electron chi connectivity index (χ1n) is 11.8. The van der Waals surface area contributed by atoms with Crippen molar-refractivity contribution in [3.05, 3.63) is 0 Å². The fourth-order valence-electron chi connectivity index (χ4n) is 5.45. The SMILES string of the molecule is CCCN1C[C@@H](NC(=O)N(C)CCN(CC)CC)C[C@@H]2CC3(CC[C@H]21)OCCO3.[HH]. The summed E-state index contributed by atoms with van der Waals surface area (Å²) in [5.74, 6) is 0.166. The number of fused-ring (bicyclic) bond motifs is 1. The smallest absolute Gasteiger partial charge is 0.317 e. The number of nitrogens with one attached hydrogen (secondary N) is 1. The minimum Gasteiger partial charge on any atom is -0.348 e. The maximum absolute atomic E-state index is 12.8. The molecular formula is C22H44N4O3. The molecule has 0 unspecified atom stereocenters. The maximum atomic E-state index is 12.8. The second-order valence-electron chi connectivity index (χ2n) is 9.00. The maximum Gasteiger partial charge on any atom is 0.317 e. The van der Waals surface area contributed by atoms with E-state index in [9.17, 15) is 4.79 Å². The average molecular weight is 413 g/mol. The highest BCUT2D eigenvalue weighted by atomic mass is 16.7. The van der Waals surface area contributed by atoms with E-state index in [1.54, 1.807) is 0 Å². The van der Waals surface area contributed by atoms with E-state index < -0.39 is 0 Å². The summed E-state index contributed by atoms with van der Waals surface area (Å²) in [6.07, 6.45) is 5.26. The number of hydrogen-bond donors (Lipinski definition) is 1. The van der Waals surface area contributed by atoms with Crippen LogP contribution in [0.15, 0.2) is 0 Å². The van der Waals surface area contributed by atoms with Crippen molar-refractivity contribution in [3.63, 3.8) is 0 Å². The molecular weight excluding hydrogens is 368 g/mol. The molecule has 2 aliphatic heterocycles. The summed E-state index contributed by atoms with van der Waals surface area (Å²) in [6.45, 7) is 13.8. The average Bonchev–Trinajstić information content (AvgIpc) is 3.16. The van der Waals surface area contributed by atoms with E-state index >= 15 is 0 Å². The van der Waals surface area contributed by atoms with Crippen molar-refractivity contribution in [1.82, 2.24) is 20.0 Å². The Morgan fingerprint density at radius 2 is 1.93 bits per heavy atom. The van der Waals surface area contributed by atoms with Crippen LogP contribution in [0.4, 0.5) is 4.79 Å². The van der Waals surface area contributed by atoms with Crippen LogP contribution in [-0.4, -0.2) is 98.1 Å². The Labute approximate surface area is 178 Å². The molecule has 3 fully saturated rings. The van der Waals surface area contributed by atoms with Crippen molar-refractivity contribution in [2.75, 3.05) is 59.5 Å². The number of likely N-dealkylation sites (tertiary alicyclic amines) is 1. The molecule has 3 rings (SSSR count). The molecule has 0 aromatic heterocycles. The van der Waals surface area contributed by atoms with Crippen molar-refractivity contribution >= 4 is 6.03 Å². The van der Waals surface area contributed by atoms with Gasteiger partial charge in [-0.25, -0.2) is 4.79 Å². The molecule has 0 aromatic rings. The number of hydrogen-bond acceptors (Lipinski definition) is 5. The number of piperidine rings is 1. The molecule has 2 saturated heterocycles. The summed E-state index contributed by atoms with van der Waals surface area (Å²) in [4.78, 5) is 19.6. The highest BCUT2D eigenvalue weighted by Crippen LogP contribution is 2.44. The predicted octanol–water partition coefficient (Wildman–Crippen LogP) is 2.61. The van der Waals surface area contributed by atoms with E-state index in [4.69, 9.17) is 9.47 Å². The van der Waals surface area contributed by atoms with Crippen molar-refractivity contribution in [1.29, 1.82) is 0 Å². The number of carbonyl (C=O) groups is 1. The Balaban J connectivity index is 0.00000320. The van der Waals surface area contributed by atoms with Crippen molar-refractivity contribution in [2.24, 2.45) is 5.92 Å². The fourth-order valence-corrected chi connectivity index (χ4v) is 5.45. The lowest BCUT2D eigenvalue weighted by molar-refractivity contribution is -0.201. The highest BCUT2D eigenvalue weighted by Gasteiger charge is 2.49. The van der Waals surface area contributed by atoms with Gasteiger partial charge >= 0.3 is 6.03 Å². The summed E-state index contributed by atoms with van der Waals surface area (Å²) in [5, 5.41) is 3.32. The van der Waals surface area contributed by atoms with Gasteiger partial charge in [-0.2, -0.15) is 0 Å². The van der Waals surface area contributed by atoms with E-state index in [1.807, 2.05) is 11.9 Å². The van der Waals surface area contributed by atoms with E-state index in [-0.39, 0.29) is 19.3 Å². The summed E-state index contributed by atoms with van der Waals surface area (Å²) < 4.78 is 12.0. The van der Waals surface area contributed by atoms with Crippen LogP contribution in [0.5, 0.6) is 0 Å². The van der Waals surface area contributed by atoms with Gasteiger partial charge in [0, 0.05) is 53.0 Å². The lowest BCUT2D eigenvalue weighted by atomic mass is 9.74. The summed E-state index contributed by atoms with van der Waals surface area (Å²) >= 11 is 0. The number of nitrogens with zero attached hydrogens (tertiary/aromatic N) is 3. The molecule has 1 aliphatic carbocycles. The summed E-state index contributed by atoms with van der Waals surface area (Å²) in [5.41, 5.74) is 0. The second kappa shape index (κ2) is 10.4. The van der Waals surface area contributed by atoms with Crippen molar-refractivity contribution < 1.29 is 15.7 Å². The van der Waals surface area contributed by atoms with E-state index in [1.165, 1.54) is 0 Å². The van der Waals surface area contributed by atoms with Gasteiger partial charge in [0.25, 0.3) is 0 Å². The zero-order valence-corrected chi connectivity index (χ0v) is 19.0. The third-order valence-electron chi connectivity index (χ3n) is 7.09. The van der Waals surface area contributed by atoms with Crippen LogP contribution in [0.25, 0.3) is 0 Å². The first kappa shape index (κ1) is 22.8. The van der Waals surface area contributed by atoms with Crippen LogP contribution in [0.1, 0.15) is 54.3 Å². The van der Waals surface area contributed by atoms with Crippen molar-refractivity contribution in [2.45, 2.75) is 70.7 Å². The largest absolute Gasteiger partial charge is 0.348 e. The first-order chi connectivity index (χ1) is 14.0. The molecule has 7 nitrogen and oxygen atoms in total. The van der Waals surface area contributed by atoms with Gasteiger partial charge in [-0.05, 0) is 44.8 Å². The van der Waals surface area contributed by atoms with E-state index in [2.05, 4.69) is 35.9 Å². The number of amides is 2. The molecule has 2 heterocycles. The van der Waals surface area contributed by atoms with Crippen LogP contribution < -0.4 is 5.32 Å². The fraction of sp³-hybridized carbons (Fsp3) is 0.955. The molecule has 0 bridgehead atoms. The normalized spacial score (nSPS) is 29.2. The number of likely N-dealkylation sites (N-methyl/N-ethyl adjacent to an activating group) is 2. The third kappa shape index (κ3) is 5.63. The Bertz CT molecular complexity index is 529. The van der Waals surface area contributed by atoms with Crippen LogP contribution in [0, 0.1) is 5.92 Å². The number of carbonyl (C=O) groups excluding carboxylic acids is 1. The molecule has 29 heavy (non-hydrogen) atoms. The van der Waals surface area contributed by atoms with Crippen LogP contribution in [0.3, 0.4) is 0 Å². The minimum absolute atomic E-state index is 0. The van der Waals surface area contributed by atoms with E-state index in [0.29, 0.717) is 25.2 Å². The zero-order chi connectivity index (χ0) is 20.9. The molecule has 1 spiro atoms. The van der Waals surface area contributed by atoms with Gasteiger partial charge in [-0.15, -0.1) is 0 Å². The summed E-state index contributed by atoms with van der Waals surface area (Å²) in [6, 6.07) is 0.848. The Morgan fingerprint density at radius 1 is 1.21 bits per heavy atom. The molecule has 3 atom stereocenters. The quantitative estimate of drug-likeness (QED) is 0.664.